The van der Waals surface area contributed by atoms with Crippen molar-refractivity contribution >= 4 is 0 Å². The molecule has 0 spiro atoms. The fourth-order valence-corrected chi connectivity index (χ4v) is 1.37. The minimum atomic E-state index is 0. The molecule has 198 valence electrons. The Hall–Kier alpha value is 0. The first-order chi connectivity index (χ1) is 13.7. The van der Waals surface area contributed by atoms with E-state index < -0.39 is 0 Å². The zero-order chi connectivity index (χ0) is 25.2. The van der Waals surface area contributed by atoms with E-state index in [1.165, 1.54) is 57.8 Å². The Morgan fingerprint density at radius 3 is 0.871 bits per heavy atom. The van der Waals surface area contributed by atoms with Gasteiger partial charge in [0.1, 0.15) is 0 Å². The van der Waals surface area contributed by atoms with Crippen LogP contribution in [0.5, 0.6) is 0 Å². The molecule has 0 N–H and O–H groups in total. The van der Waals surface area contributed by atoms with Gasteiger partial charge in [-0.25, -0.2) is 0 Å². The van der Waals surface area contributed by atoms with Crippen molar-refractivity contribution in [2.45, 2.75) is 176 Å². The zero-order valence-electron chi connectivity index (χ0n) is 25.2. The molecule has 0 nitrogen and oxygen atoms in total. The molecule has 0 unspecified atom stereocenters. The normalized spacial score (nSPS) is 10.1. The second kappa shape index (κ2) is 34.6. The molecule has 0 aliphatic heterocycles. The fraction of sp³-hybridized carbons (Fsp3) is 1.00. The van der Waals surface area contributed by atoms with Crippen LogP contribution in [0.15, 0.2) is 0 Å². The highest BCUT2D eigenvalue weighted by Gasteiger charge is 2.03. The lowest BCUT2D eigenvalue weighted by Gasteiger charge is -2.12. The molecule has 0 amide bonds. The standard InChI is InChI=1S/5C6H14.CH4/c1-5-6(2,3)4;1-5(2)6(3)4;1-4-5-6(2)3;1-4-6(3)5-2;1-3-5-6-4-2;/h5H2,1-4H3;5-6H,1-4H3;2*6H,4-5H2,1-3H3;3-6H2,1-2H3;1H4. The molecule has 0 aliphatic rings. The molecule has 0 heteroatoms. The first kappa shape index (κ1) is 44.6. The maximum absolute atomic E-state index is 2.28. The maximum Gasteiger partial charge on any atom is -0.0385 e. The predicted octanol–water partition coefficient (Wildman–Crippen LogP) is 12.8. The summed E-state index contributed by atoms with van der Waals surface area (Å²) in [5.41, 5.74) is 0.542. The van der Waals surface area contributed by atoms with Gasteiger partial charge in [0.2, 0.25) is 0 Å². The second-order valence-electron chi connectivity index (χ2n) is 11.2. The first-order valence-electron chi connectivity index (χ1n) is 13.7. The molecule has 0 radical (unpaired) electrons. The summed E-state index contributed by atoms with van der Waals surface area (Å²) in [5.74, 6) is 3.54. The molecule has 31 heavy (non-hydrogen) atoms. The average molecular weight is 447 g/mol. The molecule has 0 aromatic carbocycles. The van der Waals surface area contributed by atoms with Crippen LogP contribution in [-0.2, 0) is 0 Å². The molecule has 0 rings (SSSR count). The third-order valence-corrected chi connectivity index (χ3v) is 5.61. The van der Waals surface area contributed by atoms with Crippen LogP contribution in [0.4, 0.5) is 0 Å². The van der Waals surface area contributed by atoms with Crippen molar-refractivity contribution in [2.75, 3.05) is 0 Å². The van der Waals surface area contributed by atoms with Gasteiger partial charge in [-0.3, -0.25) is 0 Å². The first-order valence-corrected chi connectivity index (χ1v) is 13.7. The highest BCUT2D eigenvalue weighted by molar-refractivity contribution is 4.55. The van der Waals surface area contributed by atoms with E-state index in [1.54, 1.807) is 0 Å². The minimum Gasteiger partial charge on any atom is -0.0776 e. The van der Waals surface area contributed by atoms with Gasteiger partial charge in [-0.2, -0.15) is 0 Å². The van der Waals surface area contributed by atoms with Crippen LogP contribution < -0.4 is 0 Å². The number of hydrogen-bond donors (Lipinski definition) is 0. The van der Waals surface area contributed by atoms with Crippen molar-refractivity contribution in [3.8, 4) is 0 Å². The quantitative estimate of drug-likeness (QED) is 0.325. The molecule has 0 aromatic rings. The number of unbranched alkanes of at least 4 members (excludes halogenated alkanes) is 3. The van der Waals surface area contributed by atoms with Crippen LogP contribution in [0.1, 0.15) is 176 Å². The summed E-state index contributed by atoms with van der Waals surface area (Å²) in [6, 6.07) is 0. The van der Waals surface area contributed by atoms with E-state index in [4.69, 9.17) is 0 Å². The van der Waals surface area contributed by atoms with E-state index in [0.717, 1.165) is 23.7 Å². The third kappa shape index (κ3) is 81.4. The molecule has 0 aromatic heterocycles. The third-order valence-electron chi connectivity index (χ3n) is 5.61. The molecule has 0 bridgehead atoms. The van der Waals surface area contributed by atoms with Crippen LogP contribution in [0.2, 0.25) is 0 Å². The Morgan fingerprint density at radius 2 is 0.839 bits per heavy atom. The van der Waals surface area contributed by atoms with E-state index in [1.807, 2.05) is 0 Å². The molecule has 0 heterocycles. The van der Waals surface area contributed by atoms with E-state index in [-0.39, 0.29) is 7.43 Å². The number of hydrogen-bond acceptors (Lipinski definition) is 0. The highest BCUT2D eigenvalue weighted by atomic mass is 14.1. The van der Waals surface area contributed by atoms with Gasteiger partial charge >= 0.3 is 0 Å². The van der Waals surface area contributed by atoms with Crippen LogP contribution in [-0.4, -0.2) is 0 Å². The molecular weight excluding hydrogens is 372 g/mol. The molecule has 0 atom stereocenters. The van der Waals surface area contributed by atoms with Gasteiger partial charge < -0.3 is 0 Å². The second-order valence-corrected chi connectivity index (χ2v) is 11.2. The Morgan fingerprint density at radius 1 is 0.548 bits per heavy atom. The Kier molecular flexibility index (Phi) is 49.8. The van der Waals surface area contributed by atoms with Crippen LogP contribution in [0.3, 0.4) is 0 Å². The lowest BCUT2D eigenvalue weighted by atomic mass is 9.94. The molecular formula is C31H74. The van der Waals surface area contributed by atoms with Crippen molar-refractivity contribution in [2.24, 2.45) is 29.1 Å². The van der Waals surface area contributed by atoms with Crippen LogP contribution in [0, 0.1) is 29.1 Å². The summed E-state index contributed by atoms with van der Waals surface area (Å²) in [7, 11) is 0. The summed E-state index contributed by atoms with van der Waals surface area (Å²) in [4.78, 5) is 0. The van der Waals surface area contributed by atoms with Gasteiger partial charge in [0.15, 0.2) is 0 Å². The number of rotatable bonds is 8. The van der Waals surface area contributed by atoms with E-state index in [2.05, 4.69) is 111 Å². The van der Waals surface area contributed by atoms with Gasteiger partial charge in [-0.15, -0.1) is 0 Å². The molecule has 0 aliphatic carbocycles. The predicted molar refractivity (Wildman–Crippen MR) is 155 cm³/mol. The summed E-state index contributed by atoms with van der Waals surface area (Å²) in [5, 5.41) is 0. The van der Waals surface area contributed by atoms with Crippen molar-refractivity contribution in [3.05, 3.63) is 0 Å². The van der Waals surface area contributed by atoms with Gasteiger partial charge in [-0.1, -0.05) is 176 Å². The Labute approximate surface area is 205 Å². The van der Waals surface area contributed by atoms with Crippen molar-refractivity contribution in [3.63, 3.8) is 0 Å². The van der Waals surface area contributed by atoms with Crippen LogP contribution in [0.25, 0.3) is 0 Å². The molecule has 0 saturated carbocycles. The topological polar surface area (TPSA) is 0 Å². The van der Waals surface area contributed by atoms with E-state index >= 15 is 0 Å². The minimum absolute atomic E-state index is 0. The molecule has 0 saturated heterocycles. The van der Waals surface area contributed by atoms with Crippen molar-refractivity contribution in [1.82, 2.24) is 0 Å². The SMILES string of the molecule is C.CC(C)C(C)C.CCC(C)(C)C.CCC(C)CC.CCCC(C)C.CCCCCC. The van der Waals surface area contributed by atoms with Crippen molar-refractivity contribution in [1.29, 1.82) is 0 Å². The van der Waals surface area contributed by atoms with Crippen molar-refractivity contribution < 1.29 is 0 Å². The summed E-state index contributed by atoms with van der Waals surface area (Å²) < 4.78 is 0. The van der Waals surface area contributed by atoms with Gasteiger partial charge in [0, 0.05) is 0 Å². The van der Waals surface area contributed by atoms with Gasteiger partial charge in [-0.05, 0) is 29.1 Å². The Balaban J connectivity index is -0.0000000625. The van der Waals surface area contributed by atoms with Gasteiger partial charge in [0.05, 0.1) is 0 Å². The monoisotopic (exact) mass is 447 g/mol. The summed E-state index contributed by atoms with van der Waals surface area (Å²) in [6.45, 7) is 35.8. The zero-order valence-corrected chi connectivity index (χ0v) is 25.2. The lowest BCUT2D eigenvalue weighted by Crippen LogP contribution is -2.00. The highest BCUT2D eigenvalue weighted by Crippen LogP contribution is 2.16. The van der Waals surface area contributed by atoms with Crippen LogP contribution >= 0.6 is 0 Å². The van der Waals surface area contributed by atoms with Gasteiger partial charge in [0.25, 0.3) is 0 Å². The van der Waals surface area contributed by atoms with E-state index in [9.17, 15) is 0 Å². The largest absolute Gasteiger partial charge is 0.0776 e. The maximum atomic E-state index is 2.28. The summed E-state index contributed by atoms with van der Waals surface area (Å²) >= 11 is 0. The average Bonchev–Trinajstić information content (AvgIpc) is 2.66. The summed E-state index contributed by atoms with van der Waals surface area (Å²) in [6.07, 6.45) is 12.2. The molecule has 0 fully saturated rings. The smallest absolute Gasteiger partial charge is 0.0385 e. The fourth-order valence-electron chi connectivity index (χ4n) is 1.37. The lowest BCUT2D eigenvalue weighted by molar-refractivity contribution is 0.398. The Bertz CT molecular complexity index is 227. The van der Waals surface area contributed by atoms with E-state index in [0.29, 0.717) is 5.41 Å².